The molecule has 0 radical (unpaired) electrons. The van der Waals surface area contributed by atoms with E-state index in [9.17, 15) is 13.9 Å². The molecule has 1 N–H and O–H groups in total. The lowest BCUT2D eigenvalue weighted by Crippen LogP contribution is -2.39. The second-order valence-electron chi connectivity index (χ2n) is 4.24. The first-order valence-electron chi connectivity index (χ1n) is 5.04. The van der Waals surface area contributed by atoms with Gasteiger partial charge >= 0.3 is 0 Å². The van der Waals surface area contributed by atoms with Crippen LogP contribution in [0.2, 0.25) is 0 Å². The van der Waals surface area contributed by atoms with Gasteiger partial charge in [0.15, 0.2) is 11.6 Å². The zero-order valence-electron chi connectivity index (χ0n) is 9.63. The van der Waals surface area contributed by atoms with Gasteiger partial charge in [-0.05, 0) is 25.5 Å². The largest absolute Gasteiger partial charge is 0.390 e. The third-order valence-corrected chi connectivity index (χ3v) is 2.77. The molecule has 0 heterocycles. The molecule has 0 aliphatic carbocycles. The van der Waals surface area contributed by atoms with Crippen molar-refractivity contribution in [3.8, 4) is 0 Å². The van der Waals surface area contributed by atoms with Crippen molar-refractivity contribution >= 4 is 0 Å². The molecule has 1 rings (SSSR count). The van der Waals surface area contributed by atoms with Crippen LogP contribution in [0.25, 0.3) is 0 Å². The van der Waals surface area contributed by atoms with Crippen molar-refractivity contribution in [3.05, 3.63) is 35.4 Å². The second-order valence-corrected chi connectivity index (χ2v) is 4.24. The SMILES string of the molecule is COC(C)(C)C(O)Cc1cccc(F)c1F. The van der Waals surface area contributed by atoms with Gasteiger partial charge in [-0.1, -0.05) is 12.1 Å². The number of aliphatic hydroxyl groups is 1. The third-order valence-electron chi connectivity index (χ3n) is 2.77. The predicted octanol–water partition coefficient (Wildman–Crippen LogP) is 2.29. The number of halogens is 2. The third kappa shape index (κ3) is 2.77. The van der Waals surface area contributed by atoms with E-state index in [0.29, 0.717) is 0 Å². The molecular weight excluding hydrogens is 214 g/mol. The van der Waals surface area contributed by atoms with Gasteiger partial charge in [0.05, 0.1) is 11.7 Å². The maximum absolute atomic E-state index is 13.3. The van der Waals surface area contributed by atoms with Crippen molar-refractivity contribution in [3.63, 3.8) is 0 Å². The molecule has 1 aromatic carbocycles. The Morgan fingerprint density at radius 3 is 2.56 bits per heavy atom. The lowest BCUT2D eigenvalue weighted by molar-refractivity contribution is -0.0767. The van der Waals surface area contributed by atoms with Crippen LogP contribution in [0.3, 0.4) is 0 Å². The fraction of sp³-hybridized carbons (Fsp3) is 0.500. The number of aliphatic hydroxyl groups excluding tert-OH is 1. The monoisotopic (exact) mass is 230 g/mol. The number of hydrogen-bond donors (Lipinski definition) is 1. The number of hydrogen-bond acceptors (Lipinski definition) is 2. The van der Waals surface area contributed by atoms with Gasteiger partial charge in [-0.2, -0.15) is 0 Å². The van der Waals surface area contributed by atoms with E-state index in [1.54, 1.807) is 13.8 Å². The number of rotatable bonds is 4. The molecule has 1 atom stereocenters. The predicted molar refractivity (Wildman–Crippen MR) is 57.2 cm³/mol. The van der Waals surface area contributed by atoms with Gasteiger partial charge in [0.25, 0.3) is 0 Å². The van der Waals surface area contributed by atoms with Crippen LogP contribution < -0.4 is 0 Å². The minimum absolute atomic E-state index is 0.0183. The van der Waals surface area contributed by atoms with Gasteiger partial charge in [-0.15, -0.1) is 0 Å². The van der Waals surface area contributed by atoms with Gasteiger partial charge < -0.3 is 9.84 Å². The van der Waals surface area contributed by atoms with E-state index < -0.39 is 23.3 Å². The molecule has 0 aliphatic heterocycles. The summed E-state index contributed by atoms with van der Waals surface area (Å²) in [6.45, 7) is 3.38. The minimum atomic E-state index is -0.909. The van der Waals surface area contributed by atoms with Crippen LogP contribution in [-0.4, -0.2) is 23.9 Å². The first-order valence-corrected chi connectivity index (χ1v) is 5.04. The summed E-state index contributed by atoms with van der Waals surface area (Å²) >= 11 is 0. The average molecular weight is 230 g/mol. The standard InChI is InChI=1S/C12H16F2O2/c1-12(2,16-3)10(15)7-8-5-4-6-9(13)11(8)14/h4-6,10,15H,7H2,1-3H3. The summed E-state index contributed by atoms with van der Waals surface area (Å²) in [4.78, 5) is 0. The van der Waals surface area contributed by atoms with E-state index in [1.807, 2.05) is 0 Å². The summed E-state index contributed by atoms with van der Waals surface area (Å²) in [7, 11) is 1.46. The molecule has 90 valence electrons. The fourth-order valence-corrected chi connectivity index (χ4v) is 1.30. The van der Waals surface area contributed by atoms with Crippen molar-refractivity contribution in [2.24, 2.45) is 0 Å². The van der Waals surface area contributed by atoms with Crippen LogP contribution in [0.4, 0.5) is 8.78 Å². The van der Waals surface area contributed by atoms with Crippen LogP contribution in [0.1, 0.15) is 19.4 Å². The van der Waals surface area contributed by atoms with Crippen LogP contribution >= 0.6 is 0 Å². The highest BCUT2D eigenvalue weighted by atomic mass is 19.2. The zero-order valence-corrected chi connectivity index (χ0v) is 9.63. The Bertz CT molecular complexity index is 364. The van der Waals surface area contributed by atoms with Crippen LogP contribution in [0.5, 0.6) is 0 Å². The summed E-state index contributed by atoms with van der Waals surface area (Å²) < 4.78 is 31.3. The Balaban J connectivity index is 2.85. The molecule has 2 nitrogen and oxygen atoms in total. The lowest BCUT2D eigenvalue weighted by atomic mass is 9.95. The zero-order chi connectivity index (χ0) is 12.3. The van der Waals surface area contributed by atoms with Gasteiger partial charge in [-0.25, -0.2) is 8.78 Å². The van der Waals surface area contributed by atoms with Crippen molar-refractivity contribution in [2.45, 2.75) is 32.0 Å². The Morgan fingerprint density at radius 1 is 1.38 bits per heavy atom. The molecule has 0 amide bonds. The Labute approximate surface area is 93.9 Å². The Hall–Kier alpha value is -1.00. The van der Waals surface area contributed by atoms with Crippen LogP contribution in [-0.2, 0) is 11.2 Å². The summed E-state index contributed by atoms with van der Waals surface area (Å²) in [5, 5.41) is 9.83. The van der Waals surface area contributed by atoms with E-state index in [4.69, 9.17) is 4.74 Å². The normalized spacial score (nSPS) is 13.9. The van der Waals surface area contributed by atoms with Gasteiger partial charge in [0.2, 0.25) is 0 Å². The molecule has 1 unspecified atom stereocenters. The van der Waals surface area contributed by atoms with Crippen LogP contribution in [0.15, 0.2) is 18.2 Å². The van der Waals surface area contributed by atoms with Gasteiger partial charge in [-0.3, -0.25) is 0 Å². The topological polar surface area (TPSA) is 29.5 Å². The smallest absolute Gasteiger partial charge is 0.162 e. The van der Waals surface area contributed by atoms with Crippen molar-refractivity contribution in [1.82, 2.24) is 0 Å². The van der Waals surface area contributed by atoms with Gasteiger partial charge in [0.1, 0.15) is 0 Å². The van der Waals surface area contributed by atoms with Crippen molar-refractivity contribution < 1.29 is 18.6 Å². The summed E-state index contributed by atoms with van der Waals surface area (Å²) in [6, 6.07) is 3.92. The molecule has 0 aliphatic rings. The van der Waals surface area contributed by atoms with E-state index in [1.165, 1.54) is 19.2 Å². The highest BCUT2D eigenvalue weighted by Gasteiger charge is 2.28. The Kier molecular flexibility index (Phi) is 3.99. The van der Waals surface area contributed by atoms with Gasteiger partial charge in [0, 0.05) is 13.5 Å². The van der Waals surface area contributed by atoms with E-state index in [-0.39, 0.29) is 12.0 Å². The first-order chi connectivity index (χ1) is 7.38. The van der Waals surface area contributed by atoms with E-state index in [2.05, 4.69) is 0 Å². The number of ether oxygens (including phenoxy) is 1. The highest BCUT2D eigenvalue weighted by Crippen LogP contribution is 2.20. The molecule has 0 spiro atoms. The second kappa shape index (κ2) is 4.89. The minimum Gasteiger partial charge on any atom is -0.390 e. The molecule has 16 heavy (non-hydrogen) atoms. The summed E-state index contributed by atoms with van der Waals surface area (Å²) in [5.74, 6) is -1.81. The fourth-order valence-electron chi connectivity index (χ4n) is 1.30. The molecule has 0 fully saturated rings. The highest BCUT2D eigenvalue weighted by molar-refractivity contribution is 5.20. The summed E-state index contributed by atoms with van der Waals surface area (Å²) in [5.41, 5.74) is -0.642. The molecule has 1 aromatic rings. The number of benzene rings is 1. The molecular formula is C12H16F2O2. The Morgan fingerprint density at radius 2 is 2.00 bits per heavy atom. The molecule has 0 aromatic heterocycles. The first kappa shape index (κ1) is 13.1. The molecule has 0 saturated carbocycles. The maximum Gasteiger partial charge on any atom is 0.162 e. The number of methoxy groups -OCH3 is 1. The van der Waals surface area contributed by atoms with E-state index in [0.717, 1.165) is 6.07 Å². The van der Waals surface area contributed by atoms with Crippen LogP contribution in [0, 0.1) is 11.6 Å². The molecule has 0 bridgehead atoms. The summed E-state index contributed by atoms with van der Waals surface area (Å²) in [6.07, 6.45) is -0.876. The maximum atomic E-state index is 13.3. The van der Waals surface area contributed by atoms with Crippen molar-refractivity contribution in [2.75, 3.05) is 7.11 Å². The molecule has 4 heteroatoms. The lowest BCUT2D eigenvalue weighted by Gasteiger charge is -2.29. The van der Waals surface area contributed by atoms with Crippen molar-refractivity contribution in [1.29, 1.82) is 0 Å². The molecule has 0 saturated heterocycles. The van der Waals surface area contributed by atoms with E-state index >= 15 is 0 Å². The quantitative estimate of drug-likeness (QED) is 0.860. The average Bonchev–Trinajstić information content (AvgIpc) is 2.24.